The molecule has 0 spiro atoms. The van der Waals surface area contributed by atoms with Crippen molar-refractivity contribution in [1.82, 2.24) is 9.97 Å². The van der Waals surface area contributed by atoms with Crippen molar-refractivity contribution in [3.05, 3.63) is 26.8 Å². The first kappa shape index (κ1) is 16.0. The second-order valence-corrected chi connectivity index (χ2v) is 6.44. The Morgan fingerprint density at radius 2 is 1.90 bits per heavy atom. The van der Waals surface area contributed by atoms with Gasteiger partial charge in [0.15, 0.2) is 17.3 Å². The SMILES string of the molecule is COc1cc(-c2nc(N)c(Br)c(C(C)C)n2)cc(Br)c1O. The molecule has 1 aromatic heterocycles. The van der Waals surface area contributed by atoms with Crippen LogP contribution in [0.3, 0.4) is 0 Å². The number of anilines is 1. The predicted octanol–water partition coefficient (Wildman–Crippen LogP) is 4.09. The number of nitrogens with two attached hydrogens (primary N) is 1. The Bertz CT molecular complexity index is 690. The molecule has 2 aromatic rings. The summed E-state index contributed by atoms with van der Waals surface area (Å²) in [6, 6.07) is 3.40. The van der Waals surface area contributed by atoms with Crippen LogP contribution in [0, 0.1) is 0 Å². The molecule has 0 amide bonds. The van der Waals surface area contributed by atoms with E-state index in [4.69, 9.17) is 10.5 Å². The van der Waals surface area contributed by atoms with Crippen LogP contribution in [-0.2, 0) is 0 Å². The zero-order chi connectivity index (χ0) is 15.7. The molecule has 2 rings (SSSR count). The third-order valence-electron chi connectivity index (χ3n) is 2.96. The average molecular weight is 417 g/mol. The van der Waals surface area contributed by atoms with Crippen LogP contribution in [0.5, 0.6) is 11.5 Å². The number of aromatic nitrogens is 2. The third kappa shape index (κ3) is 3.13. The summed E-state index contributed by atoms with van der Waals surface area (Å²) < 4.78 is 6.36. The minimum Gasteiger partial charge on any atom is -0.503 e. The lowest BCUT2D eigenvalue weighted by Gasteiger charge is -2.13. The number of aromatic hydroxyl groups is 1. The lowest BCUT2D eigenvalue weighted by Crippen LogP contribution is -2.04. The fraction of sp³-hybridized carbons (Fsp3) is 0.286. The second-order valence-electron chi connectivity index (χ2n) is 4.80. The maximum absolute atomic E-state index is 9.87. The Morgan fingerprint density at radius 1 is 1.24 bits per heavy atom. The molecule has 3 N–H and O–H groups in total. The van der Waals surface area contributed by atoms with Gasteiger partial charge in [-0.15, -0.1) is 0 Å². The van der Waals surface area contributed by atoms with Gasteiger partial charge in [0.2, 0.25) is 0 Å². The molecule has 21 heavy (non-hydrogen) atoms. The van der Waals surface area contributed by atoms with Crippen molar-refractivity contribution in [2.45, 2.75) is 19.8 Å². The minimum atomic E-state index is 0.0374. The number of halogens is 2. The van der Waals surface area contributed by atoms with E-state index in [0.29, 0.717) is 31.9 Å². The van der Waals surface area contributed by atoms with Gasteiger partial charge in [0.25, 0.3) is 0 Å². The van der Waals surface area contributed by atoms with Gasteiger partial charge in [-0.1, -0.05) is 13.8 Å². The number of hydrogen-bond acceptors (Lipinski definition) is 5. The van der Waals surface area contributed by atoms with Crippen LogP contribution in [-0.4, -0.2) is 22.2 Å². The zero-order valence-corrected chi connectivity index (χ0v) is 15.0. The summed E-state index contributed by atoms with van der Waals surface area (Å²) in [6.45, 7) is 4.06. The van der Waals surface area contributed by atoms with Gasteiger partial charge >= 0.3 is 0 Å². The Hall–Kier alpha value is -1.34. The summed E-state index contributed by atoms with van der Waals surface area (Å²) in [6.07, 6.45) is 0. The normalized spacial score (nSPS) is 11.0. The maximum Gasteiger partial charge on any atom is 0.172 e. The molecule has 0 radical (unpaired) electrons. The van der Waals surface area contributed by atoms with E-state index in [0.717, 1.165) is 5.69 Å². The number of ether oxygens (including phenoxy) is 1. The summed E-state index contributed by atoms with van der Waals surface area (Å²) >= 11 is 6.71. The van der Waals surface area contributed by atoms with Crippen LogP contribution in [0.1, 0.15) is 25.5 Å². The number of benzene rings is 1. The Labute approximate surface area is 139 Å². The van der Waals surface area contributed by atoms with Gasteiger partial charge in [-0.2, -0.15) is 0 Å². The Kier molecular flexibility index (Phi) is 4.73. The topological polar surface area (TPSA) is 81.3 Å². The number of methoxy groups -OCH3 is 1. The molecule has 0 fully saturated rings. The van der Waals surface area contributed by atoms with Gasteiger partial charge in [0, 0.05) is 5.56 Å². The fourth-order valence-electron chi connectivity index (χ4n) is 1.85. The molecule has 0 atom stereocenters. The van der Waals surface area contributed by atoms with Crippen LogP contribution in [0.4, 0.5) is 5.82 Å². The molecule has 7 heteroatoms. The highest BCUT2D eigenvalue weighted by atomic mass is 79.9. The number of nitrogens with zero attached hydrogens (tertiary/aromatic N) is 2. The predicted molar refractivity (Wildman–Crippen MR) is 89.6 cm³/mol. The van der Waals surface area contributed by atoms with Crippen molar-refractivity contribution in [3.63, 3.8) is 0 Å². The molecule has 0 saturated carbocycles. The summed E-state index contributed by atoms with van der Waals surface area (Å²) in [7, 11) is 1.49. The van der Waals surface area contributed by atoms with Gasteiger partial charge in [-0.25, -0.2) is 9.97 Å². The second kappa shape index (κ2) is 6.19. The van der Waals surface area contributed by atoms with Crippen molar-refractivity contribution in [1.29, 1.82) is 0 Å². The van der Waals surface area contributed by atoms with Gasteiger partial charge in [0.1, 0.15) is 5.82 Å². The third-order valence-corrected chi connectivity index (χ3v) is 4.37. The van der Waals surface area contributed by atoms with Crippen molar-refractivity contribution >= 4 is 37.7 Å². The van der Waals surface area contributed by atoms with Gasteiger partial charge < -0.3 is 15.6 Å². The first-order valence-electron chi connectivity index (χ1n) is 6.25. The Morgan fingerprint density at radius 3 is 2.48 bits per heavy atom. The van der Waals surface area contributed by atoms with E-state index in [1.165, 1.54) is 7.11 Å². The summed E-state index contributed by atoms with van der Waals surface area (Å²) in [5, 5.41) is 9.87. The van der Waals surface area contributed by atoms with E-state index in [1.807, 2.05) is 13.8 Å². The number of phenolic OH excluding ortho intramolecular Hbond substituents is 1. The highest BCUT2D eigenvalue weighted by Gasteiger charge is 2.16. The maximum atomic E-state index is 9.87. The van der Waals surface area contributed by atoms with Crippen LogP contribution in [0.25, 0.3) is 11.4 Å². The number of nitrogen functional groups attached to an aromatic ring is 1. The van der Waals surface area contributed by atoms with E-state index in [-0.39, 0.29) is 11.7 Å². The van der Waals surface area contributed by atoms with E-state index in [9.17, 15) is 5.11 Å². The summed E-state index contributed by atoms with van der Waals surface area (Å²) in [5.41, 5.74) is 7.48. The van der Waals surface area contributed by atoms with E-state index in [2.05, 4.69) is 41.8 Å². The highest BCUT2D eigenvalue weighted by molar-refractivity contribution is 9.11. The molecule has 0 aliphatic heterocycles. The smallest absolute Gasteiger partial charge is 0.172 e. The molecule has 112 valence electrons. The van der Waals surface area contributed by atoms with Gasteiger partial charge in [-0.05, 0) is 49.9 Å². The Balaban J connectivity index is 2.65. The van der Waals surface area contributed by atoms with Crippen LogP contribution in [0.15, 0.2) is 21.1 Å². The largest absolute Gasteiger partial charge is 0.503 e. The fourth-order valence-corrected chi connectivity index (χ4v) is 2.93. The van der Waals surface area contributed by atoms with Crippen molar-refractivity contribution < 1.29 is 9.84 Å². The van der Waals surface area contributed by atoms with Crippen molar-refractivity contribution in [2.24, 2.45) is 0 Å². The molecule has 5 nitrogen and oxygen atoms in total. The summed E-state index contributed by atoms with van der Waals surface area (Å²) in [4.78, 5) is 8.85. The first-order chi connectivity index (χ1) is 9.85. The monoisotopic (exact) mass is 415 g/mol. The average Bonchev–Trinajstić information content (AvgIpc) is 2.44. The van der Waals surface area contributed by atoms with Crippen molar-refractivity contribution in [2.75, 3.05) is 12.8 Å². The number of rotatable bonds is 3. The van der Waals surface area contributed by atoms with E-state index < -0.39 is 0 Å². The van der Waals surface area contributed by atoms with Gasteiger partial charge in [0.05, 0.1) is 21.7 Å². The minimum absolute atomic E-state index is 0.0374. The molecule has 0 saturated heterocycles. The van der Waals surface area contributed by atoms with Crippen molar-refractivity contribution in [3.8, 4) is 22.9 Å². The molecular formula is C14H15Br2N3O2. The summed E-state index contributed by atoms with van der Waals surface area (Å²) in [5.74, 6) is 1.45. The first-order valence-corrected chi connectivity index (χ1v) is 7.83. The van der Waals surface area contributed by atoms with Gasteiger partial charge in [-0.3, -0.25) is 0 Å². The lowest BCUT2D eigenvalue weighted by molar-refractivity contribution is 0.372. The van der Waals surface area contributed by atoms with Crippen LogP contribution >= 0.6 is 31.9 Å². The van der Waals surface area contributed by atoms with E-state index in [1.54, 1.807) is 12.1 Å². The van der Waals surface area contributed by atoms with E-state index >= 15 is 0 Å². The molecular weight excluding hydrogens is 402 g/mol. The molecule has 0 aliphatic carbocycles. The number of hydrogen-bond donors (Lipinski definition) is 2. The highest BCUT2D eigenvalue weighted by Crippen LogP contribution is 2.38. The molecule has 1 heterocycles. The van der Waals surface area contributed by atoms with Crippen LogP contribution in [0.2, 0.25) is 0 Å². The standard InChI is InChI=1S/C14H15Br2N3O2/c1-6(2)11-10(16)13(17)19-14(18-11)7-4-8(15)12(20)9(5-7)21-3/h4-6,20H,1-3H3,(H2,17,18,19). The lowest BCUT2D eigenvalue weighted by atomic mass is 10.1. The number of phenols is 1. The quantitative estimate of drug-likeness (QED) is 0.787. The molecule has 1 aromatic carbocycles. The molecule has 0 aliphatic rings. The molecule has 0 unspecified atom stereocenters. The molecule has 0 bridgehead atoms. The zero-order valence-electron chi connectivity index (χ0n) is 11.8. The van der Waals surface area contributed by atoms with Crippen LogP contribution < -0.4 is 10.5 Å².